The maximum absolute atomic E-state index is 12.2. The first kappa shape index (κ1) is 19.0. The van der Waals surface area contributed by atoms with Gasteiger partial charge >= 0.3 is 5.97 Å². The molecule has 0 fully saturated rings. The van der Waals surface area contributed by atoms with Gasteiger partial charge in [0.1, 0.15) is 0 Å². The summed E-state index contributed by atoms with van der Waals surface area (Å²) in [5, 5.41) is 0. The molecule has 0 bridgehead atoms. The summed E-state index contributed by atoms with van der Waals surface area (Å²) in [5.41, 5.74) is 0.574. The molecule has 0 unspecified atom stereocenters. The normalized spacial score (nSPS) is 10.2. The van der Waals surface area contributed by atoms with Gasteiger partial charge in [0, 0.05) is 18.4 Å². The van der Waals surface area contributed by atoms with Gasteiger partial charge in [0.2, 0.25) is 0 Å². The Morgan fingerprint density at radius 1 is 0.957 bits per heavy atom. The quantitative estimate of drug-likeness (QED) is 0.458. The van der Waals surface area contributed by atoms with Crippen molar-refractivity contribution in [3.8, 4) is 11.5 Å². The summed E-state index contributed by atoms with van der Waals surface area (Å²) in [6.07, 6.45) is 2.81. The topological polar surface area (TPSA) is 61.8 Å². The molecular formula is C18H26O5. The van der Waals surface area contributed by atoms with Crippen molar-refractivity contribution in [2.75, 3.05) is 20.3 Å². The molecule has 0 heterocycles. The van der Waals surface area contributed by atoms with E-state index in [9.17, 15) is 9.59 Å². The summed E-state index contributed by atoms with van der Waals surface area (Å²) in [5.74, 6) is 0.941. The fourth-order valence-electron chi connectivity index (χ4n) is 1.98. The highest BCUT2D eigenvalue weighted by Gasteiger charge is 2.12. The fourth-order valence-corrected chi connectivity index (χ4v) is 1.98. The van der Waals surface area contributed by atoms with Crippen LogP contribution in [0.2, 0.25) is 0 Å². The van der Waals surface area contributed by atoms with Gasteiger partial charge in [0.15, 0.2) is 17.3 Å². The number of Topliss-reactive ketones (excluding diaryl/α,β-unsaturated/α-hetero) is 1. The standard InChI is InChI=1S/C18H26O5/c1-4-11-22-16-10-9-14(13-17(16)23-12-5-2)15(19)7-6-8-18(20)21-3/h9-10,13H,4-8,11-12H2,1-3H3. The van der Waals surface area contributed by atoms with Gasteiger partial charge in [-0.25, -0.2) is 0 Å². The molecule has 0 aliphatic heterocycles. The fraction of sp³-hybridized carbons (Fsp3) is 0.556. The highest BCUT2D eigenvalue weighted by molar-refractivity contribution is 5.96. The Bertz CT molecular complexity index is 510. The van der Waals surface area contributed by atoms with Crippen LogP contribution < -0.4 is 9.47 Å². The van der Waals surface area contributed by atoms with Crippen LogP contribution in [0.5, 0.6) is 11.5 Å². The van der Waals surface area contributed by atoms with Gasteiger partial charge in [-0.15, -0.1) is 0 Å². The van der Waals surface area contributed by atoms with Crippen molar-refractivity contribution in [2.24, 2.45) is 0 Å². The number of esters is 1. The Kier molecular flexibility index (Phi) is 8.80. The van der Waals surface area contributed by atoms with Gasteiger partial charge in [-0.3, -0.25) is 9.59 Å². The van der Waals surface area contributed by atoms with Crippen LogP contribution in [0.4, 0.5) is 0 Å². The molecule has 0 aliphatic carbocycles. The van der Waals surface area contributed by atoms with Crippen molar-refractivity contribution in [1.29, 1.82) is 0 Å². The zero-order chi connectivity index (χ0) is 17.1. The predicted molar refractivity (Wildman–Crippen MR) is 88.2 cm³/mol. The van der Waals surface area contributed by atoms with Gasteiger partial charge in [0.25, 0.3) is 0 Å². The minimum atomic E-state index is -0.298. The molecule has 128 valence electrons. The lowest BCUT2D eigenvalue weighted by molar-refractivity contribution is -0.140. The monoisotopic (exact) mass is 322 g/mol. The zero-order valence-corrected chi connectivity index (χ0v) is 14.2. The van der Waals surface area contributed by atoms with Crippen molar-refractivity contribution in [3.63, 3.8) is 0 Å². The molecule has 0 spiro atoms. The van der Waals surface area contributed by atoms with Crippen LogP contribution >= 0.6 is 0 Å². The first-order valence-electron chi connectivity index (χ1n) is 8.12. The molecule has 0 atom stereocenters. The molecule has 0 amide bonds. The van der Waals surface area contributed by atoms with Crippen LogP contribution in [0.15, 0.2) is 18.2 Å². The Labute approximate surface area is 137 Å². The lowest BCUT2D eigenvalue weighted by Crippen LogP contribution is -2.06. The van der Waals surface area contributed by atoms with Crippen LogP contribution in [0, 0.1) is 0 Å². The molecule has 0 aliphatic rings. The second kappa shape index (κ2) is 10.6. The average Bonchev–Trinajstić information content (AvgIpc) is 2.57. The molecular weight excluding hydrogens is 296 g/mol. The van der Waals surface area contributed by atoms with E-state index in [1.54, 1.807) is 18.2 Å². The van der Waals surface area contributed by atoms with Gasteiger partial charge in [-0.1, -0.05) is 13.8 Å². The maximum atomic E-state index is 12.2. The summed E-state index contributed by atoms with van der Waals surface area (Å²) in [6.45, 7) is 5.23. The number of ketones is 1. The van der Waals surface area contributed by atoms with Crippen LogP contribution in [0.3, 0.4) is 0 Å². The van der Waals surface area contributed by atoms with Crippen molar-refractivity contribution < 1.29 is 23.8 Å². The smallest absolute Gasteiger partial charge is 0.305 e. The van der Waals surface area contributed by atoms with E-state index in [2.05, 4.69) is 4.74 Å². The van der Waals surface area contributed by atoms with Crippen molar-refractivity contribution >= 4 is 11.8 Å². The van der Waals surface area contributed by atoms with Crippen molar-refractivity contribution in [1.82, 2.24) is 0 Å². The van der Waals surface area contributed by atoms with E-state index in [0.717, 1.165) is 12.8 Å². The van der Waals surface area contributed by atoms with Gasteiger partial charge < -0.3 is 14.2 Å². The summed E-state index contributed by atoms with van der Waals surface area (Å²) in [6, 6.07) is 5.24. The van der Waals surface area contributed by atoms with Crippen LogP contribution in [0.25, 0.3) is 0 Å². The van der Waals surface area contributed by atoms with E-state index in [4.69, 9.17) is 9.47 Å². The second-order valence-corrected chi connectivity index (χ2v) is 5.21. The minimum absolute atomic E-state index is 0.0164. The summed E-state index contributed by atoms with van der Waals surface area (Å²) < 4.78 is 15.9. The number of hydrogen-bond acceptors (Lipinski definition) is 5. The molecule has 0 saturated carbocycles. The molecule has 23 heavy (non-hydrogen) atoms. The van der Waals surface area contributed by atoms with E-state index in [0.29, 0.717) is 43.1 Å². The highest BCUT2D eigenvalue weighted by atomic mass is 16.5. The Hall–Kier alpha value is -2.04. The van der Waals surface area contributed by atoms with Gasteiger partial charge in [-0.05, 0) is 37.5 Å². The average molecular weight is 322 g/mol. The Morgan fingerprint density at radius 3 is 2.22 bits per heavy atom. The number of benzene rings is 1. The summed E-state index contributed by atoms with van der Waals surface area (Å²) in [7, 11) is 1.34. The first-order chi connectivity index (χ1) is 11.1. The van der Waals surface area contributed by atoms with Crippen LogP contribution in [-0.2, 0) is 9.53 Å². The maximum Gasteiger partial charge on any atom is 0.305 e. The lowest BCUT2D eigenvalue weighted by Gasteiger charge is -2.13. The molecule has 0 N–H and O–H groups in total. The van der Waals surface area contributed by atoms with Crippen molar-refractivity contribution in [2.45, 2.75) is 46.0 Å². The number of methoxy groups -OCH3 is 1. The van der Waals surface area contributed by atoms with E-state index in [-0.39, 0.29) is 18.2 Å². The predicted octanol–water partition coefficient (Wildman–Crippen LogP) is 3.79. The molecule has 1 rings (SSSR count). The Balaban J connectivity index is 2.73. The Morgan fingerprint density at radius 2 is 1.61 bits per heavy atom. The molecule has 5 nitrogen and oxygen atoms in total. The van der Waals surface area contributed by atoms with E-state index in [1.165, 1.54) is 7.11 Å². The molecule has 0 saturated heterocycles. The SMILES string of the molecule is CCCOc1ccc(C(=O)CCCC(=O)OC)cc1OCCC. The number of carbonyl (C=O) groups excluding carboxylic acids is 2. The van der Waals surface area contributed by atoms with Gasteiger partial charge in [0.05, 0.1) is 20.3 Å². The summed E-state index contributed by atoms with van der Waals surface area (Å²) in [4.78, 5) is 23.3. The van der Waals surface area contributed by atoms with E-state index in [1.807, 2.05) is 13.8 Å². The van der Waals surface area contributed by atoms with Crippen LogP contribution in [-0.4, -0.2) is 32.1 Å². The number of hydrogen-bond donors (Lipinski definition) is 0. The van der Waals surface area contributed by atoms with Crippen LogP contribution in [0.1, 0.15) is 56.3 Å². The second-order valence-electron chi connectivity index (χ2n) is 5.21. The molecule has 0 radical (unpaired) electrons. The third-order valence-electron chi connectivity index (χ3n) is 3.20. The molecule has 1 aromatic carbocycles. The number of carbonyl (C=O) groups is 2. The largest absolute Gasteiger partial charge is 0.490 e. The van der Waals surface area contributed by atoms with Crippen molar-refractivity contribution in [3.05, 3.63) is 23.8 Å². The zero-order valence-electron chi connectivity index (χ0n) is 14.2. The van der Waals surface area contributed by atoms with E-state index < -0.39 is 0 Å². The number of rotatable bonds is 11. The summed E-state index contributed by atoms with van der Waals surface area (Å²) >= 11 is 0. The lowest BCUT2D eigenvalue weighted by atomic mass is 10.0. The number of ether oxygens (including phenoxy) is 3. The van der Waals surface area contributed by atoms with E-state index >= 15 is 0 Å². The molecule has 0 aromatic heterocycles. The third-order valence-corrected chi connectivity index (χ3v) is 3.20. The first-order valence-corrected chi connectivity index (χ1v) is 8.12. The van der Waals surface area contributed by atoms with Gasteiger partial charge in [-0.2, -0.15) is 0 Å². The minimum Gasteiger partial charge on any atom is -0.490 e. The molecule has 5 heteroatoms. The third kappa shape index (κ3) is 6.72. The highest BCUT2D eigenvalue weighted by Crippen LogP contribution is 2.29. The molecule has 1 aromatic rings.